The Labute approximate surface area is 184 Å². The number of aryl methyl sites for hydroxylation is 3. The maximum atomic E-state index is 12.8. The van der Waals surface area contributed by atoms with Crippen LogP contribution in [0.2, 0.25) is 0 Å². The van der Waals surface area contributed by atoms with E-state index in [4.69, 9.17) is 4.42 Å². The van der Waals surface area contributed by atoms with Crippen LogP contribution < -0.4 is 10.6 Å². The normalized spacial score (nSPS) is 10.7. The first kappa shape index (κ1) is 20.6. The molecule has 0 bridgehead atoms. The first-order valence-electron chi connectivity index (χ1n) is 9.71. The number of hydrogen-bond donors (Lipinski definition) is 2. The lowest BCUT2D eigenvalue weighted by Gasteiger charge is -2.09. The Morgan fingerprint density at radius 1 is 0.903 bits per heavy atom. The van der Waals surface area contributed by atoms with Crippen LogP contribution >= 0.6 is 11.3 Å². The molecule has 0 radical (unpaired) electrons. The van der Waals surface area contributed by atoms with E-state index in [1.54, 1.807) is 30.3 Å². The summed E-state index contributed by atoms with van der Waals surface area (Å²) in [7, 11) is 0. The minimum absolute atomic E-state index is 0.205. The molecule has 0 saturated carbocycles. The first-order valence-corrected chi connectivity index (χ1v) is 10.6. The van der Waals surface area contributed by atoms with E-state index >= 15 is 0 Å². The molecule has 0 atom stereocenters. The van der Waals surface area contributed by atoms with E-state index in [1.165, 1.54) is 28.7 Å². The van der Waals surface area contributed by atoms with Gasteiger partial charge in [0, 0.05) is 22.2 Å². The van der Waals surface area contributed by atoms with Gasteiger partial charge in [-0.15, -0.1) is 11.3 Å². The fraction of sp³-hybridized carbons (Fsp3) is 0.125. The van der Waals surface area contributed by atoms with Crippen LogP contribution in [0.4, 0.5) is 10.8 Å². The molecule has 0 saturated heterocycles. The van der Waals surface area contributed by atoms with Gasteiger partial charge in [-0.2, -0.15) is 0 Å². The molecule has 0 aliphatic carbocycles. The fourth-order valence-electron chi connectivity index (χ4n) is 3.02. The van der Waals surface area contributed by atoms with Gasteiger partial charge >= 0.3 is 0 Å². The number of furan rings is 1. The summed E-state index contributed by atoms with van der Waals surface area (Å²) in [5, 5.41) is 8.05. The van der Waals surface area contributed by atoms with Gasteiger partial charge in [0.05, 0.1) is 12.0 Å². The van der Waals surface area contributed by atoms with Crippen molar-refractivity contribution >= 4 is 34.0 Å². The lowest BCUT2D eigenvalue weighted by Crippen LogP contribution is -2.15. The Balaban J connectivity index is 1.49. The summed E-state index contributed by atoms with van der Waals surface area (Å²) in [6.45, 7) is 5.99. The number of aromatic nitrogens is 1. The standard InChI is InChI=1S/C24H21N3O3S/c1-14-6-8-17(11-16(14)3)20-13-31-24(26-20)27-22(28)18-9-7-15(2)19(12-18)25-23(29)21-5-4-10-30-21/h4-13H,1-3H3,(H,25,29)(H,26,27,28). The molecule has 0 unspecified atom stereocenters. The van der Waals surface area contributed by atoms with Gasteiger partial charge in [-0.1, -0.05) is 18.2 Å². The zero-order valence-electron chi connectivity index (χ0n) is 17.4. The molecule has 0 aliphatic heterocycles. The topological polar surface area (TPSA) is 84.2 Å². The lowest BCUT2D eigenvalue weighted by atomic mass is 10.1. The highest BCUT2D eigenvalue weighted by molar-refractivity contribution is 7.14. The molecule has 0 fully saturated rings. The SMILES string of the molecule is Cc1ccc(-c2csc(NC(=O)c3ccc(C)c(NC(=O)c4ccco4)c3)n2)cc1C. The van der Waals surface area contributed by atoms with Crippen molar-refractivity contribution in [3.63, 3.8) is 0 Å². The molecule has 2 aromatic carbocycles. The zero-order chi connectivity index (χ0) is 22.0. The summed E-state index contributed by atoms with van der Waals surface area (Å²) in [6, 6.07) is 14.5. The van der Waals surface area contributed by atoms with E-state index in [0.717, 1.165) is 16.8 Å². The van der Waals surface area contributed by atoms with Crippen LogP contribution in [0.1, 0.15) is 37.6 Å². The Kier molecular flexibility index (Phi) is 5.68. The van der Waals surface area contributed by atoms with E-state index in [9.17, 15) is 9.59 Å². The summed E-state index contributed by atoms with van der Waals surface area (Å²) in [5.74, 6) is -0.464. The van der Waals surface area contributed by atoms with Gasteiger partial charge in [-0.05, 0) is 67.8 Å². The minimum Gasteiger partial charge on any atom is -0.459 e. The second kappa shape index (κ2) is 8.57. The number of carbonyl (C=O) groups is 2. The third kappa shape index (κ3) is 4.57. The molecule has 31 heavy (non-hydrogen) atoms. The maximum absolute atomic E-state index is 12.8. The summed E-state index contributed by atoms with van der Waals surface area (Å²) in [5.41, 5.74) is 6.05. The van der Waals surface area contributed by atoms with E-state index in [1.807, 2.05) is 18.4 Å². The van der Waals surface area contributed by atoms with Gasteiger partial charge < -0.3 is 9.73 Å². The van der Waals surface area contributed by atoms with Gasteiger partial charge in [0.1, 0.15) is 0 Å². The van der Waals surface area contributed by atoms with Crippen molar-refractivity contribution in [2.45, 2.75) is 20.8 Å². The molecule has 4 aromatic rings. The van der Waals surface area contributed by atoms with Gasteiger partial charge in [0.2, 0.25) is 0 Å². The van der Waals surface area contributed by atoms with Crippen molar-refractivity contribution < 1.29 is 14.0 Å². The van der Waals surface area contributed by atoms with E-state index in [0.29, 0.717) is 16.4 Å². The molecular formula is C24H21N3O3S. The smallest absolute Gasteiger partial charge is 0.291 e. The van der Waals surface area contributed by atoms with Crippen LogP contribution in [-0.4, -0.2) is 16.8 Å². The van der Waals surface area contributed by atoms with Crippen molar-refractivity contribution in [3.05, 3.63) is 88.2 Å². The molecular weight excluding hydrogens is 410 g/mol. The monoisotopic (exact) mass is 431 g/mol. The molecule has 7 heteroatoms. The number of amides is 2. The Morgan fingerprint density at radius 3 is 2.45 bits per heavy atom. The van der Waals surface area contributed by atoms with Crippen LogP contribution in [0, 0.1) is 20.8 Å². The van der Waals surface area contributed by atoms with Gasteiger partial charge in [-0.25, -0.2) is 4.98 Å². The molecule has 2 heterocycles. The number of nitrogens with zero attached hydrogens (tertiary/aromatic N) is 1. The van der Waals surface area contributed by atoms with Crippen LogP contribution in [0.5, 0.6) is 0 Å². The lowest BCUT2D eigenvalue weighted by molar-refractivity contribution is 0.0993. The quantitative estimate of drug-likeness (QED) is 0.416. The summed E-state index contributed by atoms with van der Waals surface area (Å²) < 4.78 is 5.12. The number of thiazole rings is 1. The average molecular weight is 432 g/mol. The van der Waals surface area contributed by atoms with E-state index in [-0.39, 0.29) is 17.6 Å². The van der Waals surface area contributed by atoms with Crippen LogP contribution in [0.15, 0.2) is 64.6 Å². The largest absolute Gasteiger partial charge is 0.459 e. The highest BCUT2D eigenvalue weighted by Gasteiger charge is 2.14. The number of hydrogen-bond acceptors (Lipinski definition) is 5. The second-order valence-corrected chi connectivity index (χ2v) is 8.11. The van der Waals surface area contributed by atoms with Crippen molar-refractivity contribution in [2.24, 2.45) is 0 Å². The molecule has 6 nitrogen and oxygen atoms in total. The van der Waals surface area contributed by atoms with Crippen molar-refractivity contribution in [2.75, 3.05) is 10.6 Å². The molecule has 2 N–H and O–H groups in total. The third-order valence-corrected chi connectivity index (χ3v) is 5.78. The fourth-order valence-corrected chi connectivity index (χ4v) is 3.74. The Hall–Kier alpha value is -3.71. The maximum Gasteiger partial charge on any atom is 0.291 e. The highest BCUT2D eigenvalue weighted by atomic mass is 32.1. The van der Waals surface area contributed by atoms with Crippen molar-refractivity contribution in [3.8, 4) is 11.3 Å². The van der Waals surface area contributed by atoms with Crippen LogP contribution in [0.3, 0.4) is 0 Å². The molecule has 156 valence electrons. The number of rotatable bonds is 5. The molecule has 2 aromatic heterocycles. The number of benzene rings is 2. The van der Waals surface area contributed by atoms with Crippen LogP contribution in [0.25, 0.3) is 11.3 Å². The van der Waals surface area contributed by atoms with E-state index < -0.39 is 0 Å². The van der Waals surface area contributed by atoms with Gasteiger partial charge in [0.15, 0.2) is 10.9 Å². The zero-order valence-corrected chi connectivity index (χ0v) is 18.2. The van der Waals surface area contributed by atoms with Crippen LogP contribution in [-0.2, 0) is 0 Å². The van der Waals surface area contributed by atoms with Crippen molar-refractivity contribution in [1.82, 2.24) is 4.98 Å². The molecule has 0 aliphatic rings. The summed E-state index contributed by atoms with van der Waals surface area (Å²) in [4.78, 5) is 29.6. The summed E-state index contributed by atoms with van der Waals surface area (Å²) in [6.07, 6.45) is 1.44. The molecule has 0 spiro atoms. The number of nitrogens with one attached hydrogen (secondary N) is 2. The van der Waals surface area contributed by atoms with Crippen molar-refractivity contribution in [1.29, 1.82) is 0 Å². The predicted molar refractivity (Wildman–Crippen MR) is 123 cm³/mol. The van der Waals surface area contributed by atoms with E-state index in [2.05, 4.69) is 41.6 Å². The molecule has 4 rings (SSSR count). The summed E-state index contributed by atoms with van der Waals surface area (Å²) >= 11 is 1.37. The predicted octanol–water partition coefficient (Wildman–Crippen LogP) is 5.83. The number of carbonyl (C=O) groups excluding carboxylic acids is 2. The second-order valence-electron chi connectivity index (χ2n) is 7.25. The minimum atomic E-state index is -0.372. The first-order chi connectivity index (χ1) is 14.9. The third-order valence-electron chi connectivity index (χ3n) is 5.02. The highest BCUT2D eigenvalue weighted by Crippen LogP contribution is 2.27. The van der Waals surface area contributed by atoms with Gasteiger partial charge in [0.25, 0.3) is 11.8 Å². The molecule has 2 amide bonds. The Morgan fingerprint density at radius 2 is 1.71 bits per heavy atom. The van der Waals surface area contributed by atoms with Gasteiger partial charge in [-0.3, -0.25) is 14.9 Å². The number of anilines is 2. The average Bonchev–Trinajstić information content (AvgIpc) is 3.44. The Bertz CT molecular complexity index is 1260.